The molecule has 1 saturated carbocycles. The monoisotopic (exact) mass is 458 g/mol. The molecule has 3 rings (SSSR count). The van der Waals surface area contributed by atoms with Crippen molar-refractivity contribution >= 4 is 29.4 Å². The summed E-state index contributed by atoms with van der Waals surface area (Å²) in [6, 6.07) is 8.02. The van der Waals surface area contributed by atoms with Crippen LogP contribution in [0.5, 0.6) is 0 Å². The second-order valence-electron chi connectivity index (χ2n) is 8.56. The molecule has 2 N–H and O–H groups in total. The third-order valence-electron chi connectivity index (χ3n) is 5.65. The Morgan fingerprint density at radius 1 is 1.09 bits per heavy atom. The summed E-state index contributed by atoms with van der Waals surface area (Å²) in [7, 11) is 0. The van der Waals surface area contributed by atoms with Crippen LogP contribution >= 0.6 is 11.8 Å². The van der Waals surface area contributed by atoms with E-state index >= 15 is 0 Å². The molecule has 0 unspecified atom stereocenters. The largest absolute Gasteiger partial charge is 0.408 e. The van der Waals surface area contributed by atoms with Crippen molar-refractivity contribution in [3.05, 3.63) is 41.8 Å². The fraction of sp³-hybridized carbons (Fsp3) is 0.522. The van der Waals surface area contributed by atoms with E-state index in [4.69, 9.17) is 4.42 Å². The molecule has 0 aliphatic heterocycles. The number of nitrogens with zero attached hydrogens (tertiary/aromatic N) is 2. The van der Waals surface area contributed by atoms with Gasteiger partial charge in [-0.05, 0) is 43.6 Å². The second kappa shape index (κ2) is 10.8. The Labute approximate surface area is 192 Å². The van der Waals surface area contributed by atoms with Crippen LogP contribution in [-0.4, -0.2) is 45.6 Å². The number of hydrogen-bond acceptors (Lipinski definition) is 7. The Hall–Kier alpha value is -2.68. The van der Waals surface area contributed by atoms with Crippen LogP contribution in [-0.2, 0) is 4.79 Å². The summed E-state index contributed by atoms with van der Waals surface area (Å²) in [6.07, 6.45) is 5.90. The summed E-state index contributed by atoms with van der Waals surface area (Å²) < 4.78 is 5.40. The van der Waals surface area contributed by atoms with E-state index in [1.165, 1.54) is 11.8 Å². The van der Waals surface area contributed by atoms with Crippen LogP contribution in [0.25, 0.3) is 0 Å². The summed E-state index contributed by atoms with van der Waals surface area (Å²) >= 11 is 1.25. The molecule has 32 heavy (non-hydrogen) atoms. The molecule has 1 aromatic carbocycles. The molecule has 1 heterocycles. The summed E-state index contributed by atoms with van der Waals surface area (Å²) in [5.41, 5.74) is -0.560. The van der Waals surface area contributed by atoms with E-state index in [0.717, 1.165) is 19.3 Å². The summed E-state index contributed by atoms with van der Waals surface area (Å²) in [4.78, 5) is 39.5. The molecule has 0 radical (unpaired) electrons. The molecule has 1 aromatic heterocycles. The molecular formula is C23H30N4O4S. The van der Waals surface area contributed by atoms with Gasteiger partial charge in [0, 0.05) is 5.56 Å². The summed E-state index contributed by atoms with van der Waals surface area (Å²) in [5, 5.41) is 13.8. The highest BCUT2D eigenvalue weighted by atomic mass is 32.2. The number of nitrogens with one attached hydrogen (secondary N) is 2. The van der Waals surface area contributed by atoms with Crippen molar-refractivity contribution in [2.75, 3.05) is 6.26 Å². The van der Waals surface area contributed by atoms with Gasteiger partial charge >= 0.3 is 0 Å². The average molecular weight is 459 g/mol. The quantitative estimate of drug-likeness (QED) is 0.435. The Bertz CT molecular complexity index is 938. The van der Waals surface area contributed by atoms with Gasteiger partial charge in [-0.25, -0.2) is 0 Å². The molecule has 1 aliphatic rings. The maximum Gasteiger partial charge on any atom is 0.286 e. The maximum absolute atomic E-state index is 13.5. The number of Topliss-reactive ketones (excluding diaryl/α,β-unsaturated/α-hetero) is 1. The third-order valence-corrected chi connectivity index (χ3v) is 6.17. The lowest BCUT2D eigenvalue weighted by molar-refractivity contribution is -0.129. The van der Waals surface area contributed by atoms with Crippen LogP contribution in [0, 0.1) is 5.92 Å². The first kappa shape index (κ1) is 24.0. The summed E-state index contributed by atoms with van der Waals surface area (Å²) in [6.45, 7) is 3.95. The average Bonchev–Trinajstić information content (AvgIpc) is 3.28. The molecule has 8 nitrogen and oxygen atoms in total. The van der Waals surface area contributed by atoms with Crippen molar-refractivity contribution in [3.8, 4) is 0 Å². The van der Waals surface area contributed by atoms with Gasteiger partial charge < -0.3 is 15.1 Å². The second-order valence-corrected chi connectivity index (χ2v) is 9.32. The van der Waals surface area contributed by atoms with Crippen LogP contribution in [0.15, 0.2) is 40.0 Å². The smallest absolute Gasteiger partial charge is 0.286 e. The highest BCUT2D eigenvalue weighted by Gasteiger charge is 2.43. The Balaban J connectivity index is 1.81. The van der Waals surface area contributed by atoms with Crippen molar-refractivity contribution in [2.45, 2.75) is 69.2 Å². The number of thioether (sulfide) groups is 1. The number of carbonyl (C=O) groups excluding carboxylic acids is 3. The number of ketones is 1. The van der Waals surface area contributed by atoms with E-state index in [0.29, 0.717) is 30.0 Å². The number of hydrogen-bond donors (Lipinski definition) is 2. The van der Waals surface area contributed by atoms with Crippen LogP contribution < -0.4 is 10.6 Å². The van der Waals surface area contributed by atoms with E-state index in [-0.39, 0.29) is 23.6 Å². The van der Waals surface area contributed by atoms with Gasteiger partial charge in [-0.1, -0.05) is 63.1 Å². The number of benzene rings is 1. The van der Waals surface area contributed by atoms with E-state index < -0.39 is 17.4 Å². The van der Waals surface area contributed by atoms with Crippen molar-refractivity contribution < 1.29 is 18.8 Å². The molecule has 0 bridgehead atoms. The highest BCUT2D eigenvalue weighted by Crippen LogP contribution is 2.29. The fourth-order valence-electron chi connectivity index (χ4n) is 3.98. The predicted octanol–water partition coefficient (Wildman–Crippen LogP) is 3.64. The molecule has 1 fully saturated rings. The minimum Gasteiger partial charge on any atom is -0.408 e. The van der Waals surface area contributed by atoms with Crippen molar-refractivity contribution in [1.29, 1.82) is 0 Å². The van der Waals surface area contributed by atoms with Gasteiger partial charge in [0.2, 0.25) is 11.7 Å². The zero-order valence-corrected chi connectivity index (χ0v) is 19.5. The minimum absolute atomic E-state index is 0.119. The zero-order valence-electron chi connectivity index (χ0n) is 18.7. The first-order valence-electron chi connectivity index (χ1n) is 10.9. The first-order chi connectivity index (χ1) is 15.3. The summed E-state index contributed by atoms with van der Waals surface area (Å²) in [5.74, 6) is -1.03. The minimum atomic E-state index is -1.06. The lowest BCUT2D eigenvalue weighted by atomic mass is 9.80. The van der Waals surface area contributed by atoms with Gasteiger partial charge in [-0.15, -0.1) is 10.2 Å². The van der Waals surface area contributed by atoms with E-state index in [1.54, 1.807) is 30.5 Å². The van der Waals surface area contributed by atoms with Gasteiger partial charge in [0.1, 0.15) is 5.54 Å². The Morgan fingerprint density at radius 2 is 1.78 bits per heavy atom. The van der Waals surface area contributed by atoms with Crippen molar-refractivity contribution in [3.63, 3.8) is 0 Å². The third kappa shape index (κ3) is 5.76. The lowest BCUT2D eigenvalue weighted by Gasteiger charge is -2.37. The molecule has 9 heteroatoms. The fourth-order valence-corrected chi connectivity index (χ4v) is 4.27. The molecule has 1 aliphatic carbocycles. The zero-order chi connectivity index (χ0) is 23.1. The van der Waals surface area contributed by atoms with Gasteiger partial charge in [-0.3, -0.25) is 14.4 Å². The Morgan fingerprint density at radius 3 is 2.38 bits per heavy atom. The van der Waals surface area contributed by atoms with Gasteiger partial charge in [-0.2, -0.15) is 0 Å². The number of carbonyl (C=O) groups is 3. The van der Waals surface area contributed by atoms with E-state index in [1.807, 2.05) is 19.9 Å². The number of aromatic nitrogens is 2. The topological polar surface area (TPSA) is 114 Å². The molecule has 0 spiro atoms. The van der Waals surface area contributed by atoms with Gasteiger partial charge in [0.05, 0.1) is 6.04 Å². The highest BCUT2D eigenvalue weighted by molar-refractivity contribution is 7.98. The van der Waals surface area contributed by atoms with E-state index in [9.17, 15) is 14.4 Å². The van der Waals surface area contributed by atoms with Crippen LogP contribution in [0.1, 0.15) is 73.4 Å². The lowest BCUT2D eigenvalue weighted by Crippen LogP contribution is -2.62. The Kier molecular flexibility index (Phi) is 8.06. The van der Waals surface area contributed by atoms with Gasteiger partial charge in [0.15, 0.2) is 0 Å². The first-order valence-corrected chi connectivity index (χ1v) is 12.2. The van der Waals surface area contributed by atoms with Crippen LogP contribution in [0.4, 0.5) is 0 Å². The molecule has 172 valence electrons. The maximum atomic E-state index is 13.5. The molecule has 1 atom stereocenters. The standard InChI is InChI=1S/C23H30N4O4S/c1-15(2)14-17(18(28)20-26-27-22(31-20)32-3)24-21(30)23(12-8-5-9-13-23)25-19(29)16-10-6-4-7-11-16/h4,6-7,10-11,15,17H,5,8-9,12-14H2,1-3H3,(H,24,30)(H,25,29)/t17-/m0/s1. The van der Waals surface area contributed by atoms with Gasteiger partial charge in [0.25, 0.3) is 17.0 Å². The van der Waals surface area contributed by atoms with Crippen molar-refractivity contribution in [1.82, 2.24) is 20.8 Å². The molecule has 2 amide bonds. The molecule has 2 aromatic rings. The van der Waals surface area contributed by atoms with Crippen LogP contribution in [0.3, 0.4) is 0 Å². The number of rotatable bonds is 9. The van der Waals surface area contributed by atoms with Crippen molar-refractivity contribution in [2.24, 2.45) is 5.92 Å². The molecular weight excluding hydrogens is 428 g/mol. The normalized spacial score (nSPS) is 16.4. The molecule has 0 saturated heterocycles. The van der Waals surface area contributed by atoms with E-state index in [2.05, 4.69) is 20.8 Å². The number of amides is 2. The SMILES string of the molecule is CSc1nnc(C(=O)[C@H](CC(C)C)NC(=O)C2(NC(=O)c3ccccc3)CCCCC2)o1. The van der Waals surface area contributed by atoms with Crippen LogP contribution in [0.2, 0.25) is 0 Å². The predicted molar refractivity (Wildman–Crippen MR) is 122 cm³/mol.